The van der Waals surface area contributed by atoms with Gasteiger partial charge in [-0.05, 0) is 57.9 Å². The Labute approximate surface area is 121 Å². The van der Waals surface area contributed by atoms with Gasteiger partial charge in [-0.25, -0.2) is 0 Å². The molecule has 0 atom stereocenters. The predicted molar refractivity (Wildman–Crippen MR) is 83.4 cm³/mol. The molecule has 0 saturated heterocycles. The molecule has 0 aliphatic carbocycles. The van der Waals surface area contributed by atoms with Gasteiger partial charge in [0.15, 0.2) is 0 Å². The second kappa shape index (κ2) is 4.69. The molecule has 0 bridgehead atoms. The van der Waals surface area contributed by atoms with E-state index in [0.717, 1.165) is 0 Å². The van der Waals surface area contributed by atoms with Crippen LogP contribution in [0.15, 0.2) is 39.5 Å². The van der Waals surface area contributed by atoms with E-state index in [2.05, 4.69) is 57.9 Å². The topological polar surface area (TPSA) is 0 Å². The van der Waals surface area contributed by atoms with Crippen molar-refractivity contribution in [3.63, 3.8) is 0 Å². The molecule has 3 rings (SSSR count). The third kappa shape index (κ3) is 2.15. The van der Waals surface area contributed by atoms with Crippen LogP contribution in [-0.2, 0) is 0 Å². The fourth-order valence-electron chi connectivity index (χ4n) is 1.71. The summed E-state index contributed by atoms with van der Waals surface area (Å²) < 4.78 is 1.19. The summed E-state index contributed by atoms with van der Waals surface area (Å²) in [5.74, 6) is 0. The van der Waals surface area contributed by atoms with Gasteiger partial charge >= 0.3 is 0 Å². The molecule has 4 heteroatoms. The normalized spacial score (nSPS) is 10.9. The molecular formula is C13H9BrS3. The first-order valence-electron chi connectivity index (χ1n) is 5.13. The molecule has 0 N–H and O–H groups in total. The Kier molecular flexibility index (Phi) is 3.21. The molecule has 86 valence electrons. The minimum absolute atomic E-state index is 1.19. The van der Waals surface area contributed by atoms with E-state index in [0.29, 0.717) is 0 Å². The summed E-state index contributed by atoms with van der Waals surface area (Å²) in [6.45, 7) is 2.15. The Bertz CT molecular complexity index is 645. The van der Waals surface area contributed by atoms with Crippen molar-refractivity contribution < 1.29 is 0 Å². The zero-order valence-electron chi connectivity index (χ0n) is 9.07. The van der Waals surface area contributed by atoms with Crippen LogP contribution < -0.4 is 0 Å². The van der Waals surface area contributed by atoms with Crippen LogP contribution >= 0.6 is 49.9 Å². The van der Waals surface area contributed by atoms with Gasteiger partial charge in [-0.15, -0.1) is 34.0 Å². The Hall–Kier alpha value is -0.420. The quantitative estimate of drug-likeness (QED) is 0.515. The lowest BCUT2D eigenvalue weighted by atomic mass is 10.2. The maximum Gasteiger partial charge on any atom is 0.0591 e. The molecule has 0 aliphatic heterocycles. The fourth-order valence-corrected chi connectivity index (χ4v) is 5.48. The fraction of sp³-hybridized carbons (Fsp3) is 0.0769. The number of halogens is 1. The lowest BCUT2D eigenvalue weighted by Gasteiger charge is -1.99. The number of aryl methyl sites for hydroxylation is 1. The van der Waals surface area contributed by atoms with Crippen LogP contribution in [0.2, 0.25) is 0 Å². The zero-order chi connectivity index (χ0) is 11.8. The van der Waals surface area contributed by atoms with E-state index in [1.807, 2.05) is 22.7 Å². The third-order valence-corrected chi connectivity index (χ3v) is 6.44. The van der Waals surface area contributed by atoms with Crippen molar-refractivity contribution in [1.29, 1.82) is 0 Å². The summed E-state index contributed by atoms with van der Waals surface area (Å²) in [6.07, 6.45) is 0. The zero-order valence-corrected chi connectivity index (χ0v) is 13.1. The maximum absolute atomic E-state index is 3.62. The smallest absolute Gasteiger partial charge is 0.0591 e. The lowest BCUT2D eigenvalue weighted by molar-refractivity contribution is 1.64. The van der Waals surface area contributed by atoms with Gasteiger partial charge in [0.1, 0.15) is 0 Å². The average molecular weight is 341 g/mol. The van der Waals surface area contributed by atoms with Gasteiger partial charge in [0.25, 0.3) is 0 Å². The van der Waals surface area contributed by atoms with Crippen LogP contribution in [0.5, 0.6) is 0 Å². The summed E-state index contributed by atoms with van der Waals surface area (Å²) in [6, 6.07) is 8.73. The van der Waals surface area contributed by atoms with Crippen LogP contribution in [0.1, 0.15) is 4.88 Å². The van der Waals surface area contributed by atoms with Crippen LogP contribution in [-0.4, -0.2) is 0 Å². The van der Waals surface area contributed by atoms with E-state index in [1.54, 1.807) is 11.3 Å². The van der Waals surface area contributed by atoms with E-state index in [9.17, 15) is 0 Å². The second-order valence-corrected chi connectivity index (χ2v) is 7.65. The molecule has 0 radical (unpaired) electrons. The summed E-state index contributed by atoms with van der Waals surface area (Å²) in [5.41, 5.74) is 1.36. The molecule has 3 aromatic heterocycles. The minimum Gasteiger partial charge on any atom is -0.142 e. The predicted octanol–water partition coefficient (Wildman–Crippen LogP) is 6.28. The van der Waals surface area contributed by atoms with Crippen LogP contribution in [0.3, 0.4) is 0 Å². The second-order valence-electron chi connectivity index (χ2n) is 3.67. The Balaban J connectivity index is 2.15. The summed E-state index contributed by atoms with van der Waals surface area (Å²) in [4.78, 5) is 5.43. The molecule has 0 aromatic carbocycles. The van der Waals surface area contributed by atoms with Crippen molar-refractivity contribution in [2.24, 2.45) is 0 Å². The van der Waals surface area contributed by atoms with Crippen molar-refractivity contribution >= 4 is 49.9 Å². The molecule has 0 aliphatic rings. The molecule has 0 spiro atoms. The standard InChI is InChI=1S/C13H9BrS3/c1-8-2-3-11(17-8)9-4-6-15-12(9)13-10(14)5-7-16-13/h2-7H,1H3. The van der Waals surface area contributed by atoms with Gasteiger partial charge in [0, 0.05) is 19.8 Å². The van der Waals surface area contributed by atoms with E-state index in [1.165, 1.54) is 29.5 Å². The largest absolute Gasteiger partial charge is 0.142 e. The highest BCUT2D eigenvalue weighted by Gasteiger charge is 2.13. The van der Waals surface area contributed by atoms with Crippen LogP contribution in [0.4, 0.5) is 0 Å². The monoisotopic (exact) mass is 340 g/mol. The Morgan fingerprint density at radius 1 is 0.941 bits per heavy atom. The Morgan fingerprint density at radius 2 is 1.71 bits per heavy atom. The molecule has 3 aromatic rings. The number of thiophene rings is 3. The van der Waals surface area contributed by atoms with E-state index >= 15 is 0 Å². The summed E-state index contributed by atoms with van der Waals surface area (Å²) in [5, 5.41) is 4.30. The number of hydrogen-bond donors (Lipinski definition) is 0. The van der Waals surface area contributed by atoms with Gasteiger partial charge in [0.05, 0.1) is 9.75 Å². The lowest BCUT2D eigenvalue weighted by Crippen LogP contribution is -1.71. The first kappa shape index (κ1) is 11.7. The minimum atomic E-state index is 1.19. The van der Waals surface area contributed by atoms with E-state index in [4.69, 9.17) is 0 Å². The van der Waals surface area contributed by atoms with Gasteiger partial charge in [-0.1, -0.05) is 0 Å². The first-order valence-corrected chi connectivity index (χ1v) is 8.50. The maximum atomic E-state index is 3.62. The molecule has 0 fully saturated rings. The van der Waals surface area contributed by atoms with Crippen LogP contribution in [0, 0.1) is 6.92 Å². The molecular weight excluding hydrogens is 332 g/mol. The van der Waals surface area contributed by atoms with Gasteiger partial charge in [-0.2, -0.15) is 0 Å². The van der Waals surface area contributed by atoms with Crippen molar-refractivity contribution in [1.82, 2.24) is 0 Å². The molecule has 0 nitrogen and oxygen atoms in total. The molecule has 17 heavy (non-hydrogen) atoms. The molecule has 0 unspecified atom stereocenters. The van der Waals surface area contributed by atoms with Crippen LogP contribution in [0.25, 0.3) is 20.2 Å². The highest BCUT2D eigenvalue weighted by molar-refractivity contribution is 9.10. The van der Waals surface area contributed by atoms with Crippen molar-refractivity contribution in [3.8, 4) is 20.2 Å². The van der Waals surface area contributed by atoms with Gasteiger partial charge in [-0.3, -0.25) is 0 Å². The third-order valence-electron chi connectivity index (χ3n) is 2.49. The highest BCUT2D eigenvalue weighted by atomic mass is 79.9. The van der Waals surface area contributed by atoms with Gasteiger partial charge in [0.2, 0.25) is 0 Å². The molecule has 0 saturated carbocycles. The van der Waals surface area contributed by atoms with E-state index in [-0.39, 0.29) is 0 Å². The average Bonchev–Trinajstić information content (AvgIpc) is 2.97. The van der Waals surface area contributed by atoms with Crippen molar-refractivity contribution in [2.45, 2.75) is 6.92 Å². The van der Waals surface area contributed by atoms with E-state index < -0.39 is 0 Å². The first-order chi connectivity index (χ1) is 8.25. The summed E-state index contributed by atoms with van der Waals surface area (Å²) >= 11 is 9.08. The summed E-state index contributed by atoms with van der Waals surface area (Å²) in [7, 11) is 0. The van der Waals surface area contributed by atoms with Crippen molar-refractivity contribution in [3.05, 3.63) is 44.4 Å². The number of rotatable bonds is 2. The van der Waals surface area contributed by atoms with Gasteiger partial charge < -0.3 is 0 Å². The Morgan fingerprint density at radius 3 is 2.35 bits per heavy atom. The van der Waals surface area contributed by atoms with Crippen molar-refractivity contribution in [2.75, 3.05) is 0 Å². The molecule has 0 amide bonds. The SMILES string of the molecule is Cc1ccc(-c2ccsc2-c2sccc2Br)s1. The number of hydrogen-bond acceptors (Lipinski definition) is 3. The highest BCUT2D eigenvalue weighted by Crippen LogP contribution is 2.44. The molecule has 3 heterocycles.